The van der Waals surface area contributed by atoms with Crippen LogP contribution in [0.5, 0.6) is 5.75 Å². The number of primary amides is 1. The first-order chi connectivity index (χ1) is 11.7. The summed E-state index contributed by atoms with van der Waals surface area (Å²) in [6.45, 7) is 1.18. The van der Waals surface area contributed by atoms with Crippen molar-refractivity contribution in [2.45, 2.75) is 51.0 Å². The summed E-state index contributed by atoms with van der Waals surface area (Å²) in [4.78, 5) is 30.1. The second-order valence-corrected chi connectivity index (χ2v) is 6.69. The third kappa shape index (κ3) is 3.68. The molecule has 0 bridgehead atoms. The fourth-order valence-corrected chi connectivity index (χ4v) is 3.76. The molecule has 0 unspecified atom stereocenters. The van der Waals surface area contributed by atoms with E-state index in [1.165, 1.54) is 12.6 Å². The lowest BCUT2D eigenvalue weighted by Crippen LogP contribution is -2.42. The number of nitrogens with zero attached hydrogens (tertiary/aromatic N) is 2. The fourth-order valence-electron chi connectivity index (χ4n) is 3.76. The number of carbonyl (C=O) groups is 2. The number of aromatic nitrogens is 1. The van der Waals surface area contributed by atoms with E-state index < -0.39 is 5.91 Å². The van der Waals surface area contributed by atoms with Gasteiger partial charge in [-0.25, -0.2) is 4.98 Å². The predicted molar refractivity (Wildman–Crippen MR) is 89.6 cm³/mol. The summed E-state index contributed by atoms with van der Waals surface area (Å²) in [5.74, 6) is 0.246. The number of rotatable bonds is 5. The normalized spacial score (nSPS) is 21.7. The van der Waals surface area contributed by atoms with E-state index in [9.17, 15) is 9.59 Å². The Morgan fingerprint density at radius 1 is 1.21 bits per heavy atom. The molecule has 1 aromatic heterocycles. The molecule has 0 aromatic carbocycles. The molecular formula is C18H25N3O3. The number of amides is 2. The Bertz CT molecular complexity index is 599. The van der Waals surface area contributed by atoms with E-state index in [1.54, 1.807) is 12.1 Å². The van der Waals surface area contributed by atoms with Crippen LogP contribution in [0.4, 0.5) is 0 Å². The molecule has 2 heterocycles. The van der Waals surface area contributed by atoms with E-state index in [1.807, 2.05) is 4.90 Å². The van der Waals surface area contributed by atoms with Crippen molar-refractivity contribution < 1.29 is 14.3 Å². The molecule has 6 heteroatoms. The number of pyridine rings is 1. The molecule has 0 spiro atoms. The standard InChI is InChI=1S/C18H25N3O3/c19-17(22)16-15(9-4-10-20-16)24-12-14-8-5-11-21(14)18(23)13-6-2-1-3-7-13/h4,9-10,13-14H,1-3,5-8,11-12H2,(H2,19,22)/t14-/m1/s1. The van der Waals surface area contributed by atoms with Crippen molar-refractivity contribution >= 4 is 11.8 Å². The lowest BCUT2D eigenvalue weighted by Gasteiger charge is -2.30. The Balaban J connectivity index is 1.62. The number of likely N-dealkylation sites (tertiary alicyclic amines) is 1. The zero-order valence-corrected chi connectivity index (χ0v) is 13.9. The minimum absolute atomic E-state index is 0.0698. The molecule has 1 atom stereocenters. The number of hydrogen-bond donors (Lipinski definition) is 1. The minimum Gasteiger partial charge on any atom is -0.489 e. The number of ether oxygens (including phenoxy) is 1. The van der Waals surface area contributed by atoms with Gasteiger partial charge < -0.3 is 15.4 Å². The molecule has 2 fully saturated rings. The van der Waals surface area contributed by atoms with Gasteiger partial charge in [0.1, 0.15) is 6.61 Å². The van der Waals surface area contributed by atoms with E-state index in [-0.39, 0.29) is 23.6 Å². The van der Waals surface area contributed by atoms with Crippen LogP contribution >= 0.6 is 0 Å². The Hall–Kier alpha value is -2.11. The summed E-state index contributed by atoms with van der Waals surface area (Å²) in [7, 11) is 0. The molecule has 2 amide bonds. The predicted octanol–water partition coefficient (Wildman–Crippen LogP) is 2.13. The minimum atomic E-state index is -0.604. The SMILES string of the molecule is NC(=O)c1ncccc1OC[C@H]1CCCN1C(=O)C1CCCCC1. The smallest absolute Gasteiger partial charge is 0.271 e. The molecule has 2 aliphatic rings. The van der Waals surface area contributed by atoms with Gasteiger partial charge in [-0.05, 0) is 37.8 Å². The van der Waals surface area contributed by atoms with Crippen molar-refractivity contribution in [2.75, 3.05) is 13.2 Å². The highest BCUT2D eigenvalue weighted by Gasteiger charge is 2.34. The molecule has 1 saturated carbocycles. The van der Waals surface area contributed by atoms with Crippen LogP contribution in [0.2, 0.25) is 0 Å². The number of hydrogen-bond acceptors (Lipinski definition) is 4. The molecule has 24 heavy (non-hydrogen) atoms. The maximum Gasteiger partial charge on any atom is 0.271 e. The first kappa shape index (κ1) is 16.7. The second-order valence-electron chi connectivity index (χ2n) is 6.69. The molecule has 130 valence electrons. The van der Waals surface area contributed by atoms with Gasteiger partial charge in [0.25, 0.3) is 5.91 Å². The van der Waals surface area contributed by atoms with Crippen LogP contribution in [0.15, 0.2) is 18.3 Å². The van der Waals surface area contributed by atoms with E-state index in [0.717, 1.165) is 45.1 Å². The van der Waals surface area contributed by atoms with Crippen LogP contribution in [-0.2, 0) is 4.79 Å². The molecule has 1 saturated heterocycles. The highest BCUT2D eigenvalue weighted by Crippen LogP contribution is 2.29. The molecule has 1 aliphatic carbocycles. The average Bonchev–Trinajstić information content (AvgIpc) is 3.08. The molecule has 1 aromatic rings. The van der Waals surface area contributed by atoms with Crippen LogP contribution in [0.1, 0.15) is 55.4 Å². The fraction of sp³-hybridized carbons (Fsp3) is 0.611. The van der Waals surface area contributed by atoms with Gasteiger partial charge in [-0.15, -0.1) is 0 Å². The van der Waals surface area contributed by atoms with Crippen LogP contribution in [0.25, 0.3) is 0 Å². The topological polar surface area (TPSA) is 85.5 Å². The van der Waals surface area contributed by atoms with Crippen molar-refractivity contribution in [2.24, 2.45) is 11.7 Å². The zero-order chi connectivity index (χ0) is 16.9. The molecule has 6 nitrogen and oxygen atoms in total. The lowest BCUT2D eigenvalue weighted by atomic mass is 9.88. The summed E-state index contributed by atoms with van der Waals surface area (Å²) >= 11 is 0. The first-order valence-electron chi connectivity index (χ1n) is 8.85. The van der Waals surface area contributed by atoms with Crippen LogP contribution < -0.4 is 10.5 Å². The van der Waals surface area contributed by atoms with Crippen molar-refractivity contribution in [3.63, 3.8) is 0 Å². The number of nitrogens with two attached hydrogens (primary N) is 1. The summed E-state index contributed by atoms with van der Waals surface area (Å²) < 4.78 is 5.79. The molecule has 2 N–H and O–H groups in total. The highest BCUT2D eigenvalue weighted by atomic mass is 16.5. The molecule has 1 aliphatic heterocycles. The van der Waals surface area contributed by atoms with Gasteiger partial charge in [-0.3, -0.25) is 9.59 Å². The zero-order valence-electron chi connectivity index (χ0n) is 13.9. The Morgan fingerprint density at radius 3 is 2.75 bits per heavy atom. The summed E-state index contributed by atoms with van der Waals surface area (Å²) in [5, 5.41) is 0. The largest absolute Gasteiger partial charge is 0.489 e. The van der Waals surface area contributed by atoms with Crippen molar-refractivity contribution in [1.29, 1.82) is 0 Å². The van der Waals surface area contributed by atoms with Gasteiger partial charge in [-0.1, -0.05) is 19.3 Å². The van der Waals surface area contributed by atoms with Crippen LogP contribution in [0.3, 0.4) is 0 Å². The van der Waals surface area contributed by atoms with Gasteiger partial charge in [0.15, 0.2) is 11.4 Å². The summed E-state index contributed by atoms with van der Waals surface area (Å²) in [5.41, 5.74) is 5.46. The molecular weight excluding hydrogens is 306 g/mol. The van der Waals surface area contributed by atoms with Gasteiger partial charge >= 0.3 is 0 Å². The Kier molecular flexibility index (Phi) is 5.33. The summed E-state index contributed by atoms with van der Waals surface area (Å²) in [6, 6.07) is 3.47. The lowest BCUT2D eigenvalue weighted by molar-refractivity contribution is -0.137. The maximum absolute atomic E-state index is 12.8. The van der Waals surface area contributed by atoms with Crippen LogP contribution in [0, 0.1) is 5.92 Å². The van der Waals surface area contributed by atoms with Crippen molar-refractivity contribution in [3.05, 3.63) is 24.0 Å². The van der Waals surface area contributed by atoms with E-state index in [4.69, 9.17) is 10.5 Å². The Morgan fingerprint density at radius 2 is 2.00 bits per heavy atom. The third-order valence-electron chi connectivity index (χ3n) is 5.05. The summed E-state index contributed by atoms with van der Waals surface area (Å²) in [6.07, 6.45) is 9.03. The van der Waals surface area contributed by atoms with Gasteiger partial charge in [-0.2, -0.15) is 0 Å². The maximum atomic E-state index is 12.8. The third-order valence-corrected chi connectivity index (χ3v) is 5.05. The van der Waals surface area contributed by atoms with Gasteiger partial charge in [0.2, 0.25) is 5.91 Å². The van der Waals surface area contributed by atoms with Crippen LogP contribution in [-0.4, -0.2) is 40.9 Å². The average molecular weight is 331 g/mol. The Labute approximate surface area is 142 Å². The first-order valence-corrected chi connectivity index (χ1v) is 8.85. The van der Waals surface area contributed by atoms with E-state index in [2.05, 4.69) is 4.98 Å². The van der Waals surface area contributed by atoms with Crippen molar-refractivity contribution in [3.8, 4) is 5.75 Å². The second kappa shape index (κ2) is 7.64. The quantitative estimate of drug-likeness (QED) is 0.895. The van der Waals surface area contributed by atoms with Gasteiger partial charge in [0.05, 0.1) is 6.04 Å². The monoisotopic (exact) mass is 331 g/mol. The molecule has 3 rings (SSSR count). The van der Waals surface area contributed by atoms with Crippen molar-refractivity contribution in [1.82, 2.24) is 9.88 Å². The number of carbonyl (C=O) groups excluding carboxylic acids is 2. The molecule has 0 radical (unpaired) electrons. The van der Waals surface area contributed by atoms with Gasteiger partial charge in [0, 0.05) is 18.7 Å². The highest BCUT2D eigenvalue weighted by molar-refractivity contribution is 5.93. The van der Waals surface area contributed by atoms with E-state index in [0.29, 0.717) is 12.4 Å². The van der Waals surface area contributed by atoms with E-state index >= 15 is 0 Å².